The van der Waals surface area contributed by atoms with Crippen molar-refractivity contribution < 1.29 is 18.0 Å². The molecular weight excluding hydrogens is 509 g/mol. The van der Waals surface area contributed by atoms with E-state index in [1.165, 1.54) is 6.20 Å². The third-order valence-electron chi connectivity index (χ3n) is 6.80. The SMILES string of the molecule is Cc1cccn2c(-c3nc(N[C@@H](C)c4ccc(N5CCN(C(=O)C(F)(F)F)CC5)cc4)ncc3C#N)cnc12. The number of carbonyl (C=O) groups is 1. The zero-order valence-corrected chi connectivity index (χ0v) is 21.3. The van der Waals surface area contributed by atoms with E-state index in [0.717, 1.165) is 27.4 Å². The lowest BCUT2D eigenvalue weighted by Gasteiger charge is -2.36. The van der Waals surface area contributed by atoms with E-state index < -0.39 is 12.1 Å². The van der Waals surface area contributed by atoms with Crippen LogP contribution in [0.3, 0.4) is 0 Å². The quantitative estimate of drug-likeness (QED) is 0.406. The average Bonchev–Trinajstić information content (AvgIpc) is 3.38. The van der Waals surface area contributed by atoms with Crippen LogP contribution in [0.15, 0.2) is 55.0 Å². The molecule has 3 aromatic heterocycles. The van der Waals surface area contributed by atoms with Crippen LogP contribution in [0.2, 0.25) is 0 Å². The zero-order chi connectivity index (χ0) is 27.7. The Labute approximate surface area is 222 Å². The number of aryl methyl sites for hydroxylation is 1. The van der Waals surface area contributed by atoms with Gasteiger partial charge in [-0.05, 0) is 43.2 Å². The molecule has 9 nitrogen and oxygen atoms in total. The van der Waals surface area contributed by atoms with E-state index >= 15 is 0 Å². The minimum absolute atomic E-state index is 0.0163. The Morgan fingerprint density at radius 3 is 2.46 bits per heavy atom. The summed E-state index contributed by atoms with van der Waals surface area (Å²) < 4.78 is 40.0. The van der Waals surface area contributed by atoms with Crippen LogP contribution in [0.25, 0.3) is 17.0 Å². The molecule has 0 aliphatic carbocycles. The molecule has 1 fully saturated rings. The van der Waals surface area contributed by atoms with Crippen molar-refractivity contribution in [1.82, 2.24) is 24.3 Å². The number of nitrogens with zero attached hydrogens (tertiary/aromatic N) is 7. The molecule has 1 aliphatic heterocycles. The minimum atomic E-state index is -4.85. The highest BCUT2D eigenvalue weighted by Gasteiger charge is 2.43. The molecule has 0 saturated carbocycles. The maximum atomic E-state index is 12.7. The van der Waals surface area contributed by atoms with Crippen molar-refractivity contribution in [2.24, 2.45) is 0 Å². The number of hydrogen-bond acceptors (Lipinski definition) is 7. The molecule has 1 saturated heterocycles. The summed E-state index contributed by atoms with van der Waals surface area (Å²) in [6.45, 7) is 4.59. The Balaban J connectivity index is 1.29. The largest absolute Gasteiger partial charge is 0.471 e. The Morgan fingerprint density at radius 2 is 1.79 bits per heavy atom. The first-order chi connectivity index (χ1) is 18.7. The van der Waals surface area contributed by atoms with Gasteiger partial charge in [-0.2, -0.15) is 18.4 Å². The highest BCUT2D eigenvalue weighted by Crippen LogP contribution is 2.27. The van der Waals surface area contributed by atoms with Crippen LogP contribution in [-0.2, 0) is 4.79 Å². The van der Waals surface area contributed by atoms with E-state index in [1.807, 2.05) is 65.7 Å². The number of imidazole rings is 1. The predicted octanol–water partition coefficient (Wildman–Crippen LogP) is 4.36. The number of carbonyl (C=O) groups excluding carboxylic acids is 1. The molecule has 1 N–H and O–H groups in total. The zero-order valence-electron chi connectivity index (χ0n) is 21.3. The molecule has 4 heterocycles. The number of nitriles is 1. The van der Waals surface area contributed by atoms with Crippen LogP contribution in [0.1, 0.15) is 29.7 Å². The van der Waals surface area contributed by atoms with E-state index in [2.05, 4.69) is 26.3 Å². The summed E-state index contributed by atoms with van der Waals surface area (Å²) in [5.74, 6) is -1.43. The summed E-state index contributed by atoms with van der Waals surface area (Å²) in [5.41, 5.74) is 5.09. The van der Waals surface area contributed by atoms with Gasteiger partial charge in [-0.3, -0.25) is 9.20 Å². The van der Waals surface area contributed by atoms with E-state index in [4.69, 9.17) is 0 Å². The highest BCUT2D eigenvalue weighted by molar-refractivity contribution is 5.82. The van der Waals surface area contributed by atoms with Crippen LogP contribution < -0.4 is 10.2 Å². The first-order valence-corrected chi connectivity index (χ1v) is 12.3. The first kappa shape index (κ1) is 26.0. The number of aromatic nitrogens is 4. The van der Waals surface area contributed by atoms with Gasteiger partial charge in [0, 0.05) is 38.1 Å². The van der Waals surface area contributed by atoms with E-state index in [-0.39, 0.29) is 19.1 Å². The highest BCUT2D eigenvalue weighted by atomic mass is 19.4. The van der Waals surface area contributed by atoms with Gasteiger partial charge < -0.3 is 15.1 Å². The van der Waals surface area contributed by atoms with E-state index in [1.54, 1.807) is 6.20 Å². The molecule has 39 heavy (non-hydrogen) atoms. The molecule has 4 aromatic rings. The number of fused-ring (bicyclic) bond motifs is 1. The monoisotopic (exact) mass is 534 g/mol. The number of piperazine rings is 1. The average molecular weight is 535 g/mol. The number of benzene rings is 1. The summed E-state index contributed by atoms with van der Waals surface area (Å²) in [5, 5.41) is 12.9. The molecule has 5 rings (SSSR count). The predicted molar refractivity (Wildman–Crippen MR) is 139 cm³/mol. The summed E-state index contributed by atoms with van der Waals surface area (Å²) in [7, 11) is 0. The van der Waals surface area contributed by atoms with Crippen molar-refractivity contribution >= 4 is 23.2 Å². The number of anilines is 2. The minimum Gasteiger partial charge on any atom is -0.368 e. The fourth-order valence-corrected chi connectivity index (χ4v) is 4.65. The van der Waals surface area contributed by atoms with Crippen molar-refractivity contribution in [3.63, 3.8) is 0 Å². The Morgan fingerprint density at radius 1 is 1.08 bits per heavy atom. The normalized spacial score (nSPS) is 14.8. The van der Waals surface area contributed by atoms with Gasteiger partial charge in [-0.25, -0.2) is 15.0 Å². The molecule has 0 unspecified atom stereocenters. The van der Waals surface area contributed by atoms with Gasteiger partial charge in [-0.15, -0.1) is 0 Å². The van der Waals surface area contributed by atoms with Crippen molar-refractivity contribution in [3.8, 4) is 17.5 Å². The van der Waals surface area contributed by atoms with Gasteiger partial charge in [0.15, 0.2) is 0 Å². The number of nitrogens with one attached hydrogen (secondary N) is 1. The Bertz CT molecular complexity index is 1550. The van der Waals surface area contributed by atoms with Gasteiger partial charge >= 0.3 is 12.1 Å². The molecule has 0 spiro atoms. The Hall–Kier alpha value is -4.66. The summed E-state index contributed by atoms with van der Waals surface area (Å²) in [4.78, 5) is 27.7. The molecule has 1 aromatic carbocycles. The molecule has 0 bridgehead atoms. The number of rotatable bonds is 5. The van der Waals surface area contributed by atoms with Gasteiger partial charge in [0.05, 0.1) is 29.7 Å². The number of pyridine rings is 1. The van der Waals surface area contributed by atoms with Crippen LogP contribution in [0, 0.1) is 18.3 Å². The molecular formula is C27H25F3N8O. The number of hydrogen-bond donors (Lipinski definition) is 1. The second-order valence-corrected chi connectivity index (χ2v) is 9.33. The van der Waals surface area contributed by atoms with Gasteiger partial charge in [0.25, 0.3) is 0 Å². The number of alkyl halides is 3. The third-order valence-corrected chi connectivity index (χ3v) is 6.80. The number of amides is 1. The molecule has 1 amide bonds. The smallest absolute Gasteiger partial charge is 0.368 e. The lowest BCUT2D eigenvalue weighted by molar-refractivity contribution is -0.185. The molecule has 12 heteroatoms. The second-order valence-electron chi connectivity index (χ2n) is 9.33. The van der Waals surface area contributed by atoms with E-state index in [9.17, 15) is 23.2 Å². The fourth-order valence-electron chi connectivity index (χ4n) is 4.65. The van der Waals surface area contributed by atoms with Gasteiger partial charge in [0.2, 0.25) is 5.95 Å². The molecule has 0 radical (unpaired) electrons. The van der Waals surface area contributed by atoms with Crippen molar-refractivity contribution in [2.75, 3.05) is 36.4 Å². The van der Waals surface area contributed by atoms with Crippen LogP contribution in [0.4, 0.5) is 24.8 Å². The Kier molecular flexibility index (Phi) is 6.82. The lowest BCUT2D eigenvalue weighted by atomic mass is 10.1. The molecule has 1 aliphatic rings. The van der Waals surface area contributed by atoms with Crippen LogP contribution in [-0.4, -0.2) is 62.5 Å². The van der Waals surface area contributed by atoms with Crippen LogP contribution in [0.5, 0.6) is 0 Å². The fraction of sp³-hybridized carbons (Fsp3) is 0.296. The first-order valence-electron chi connectivity index (χ1n) is 12.3. The van der Waals surface area contributed by atoms with Gasteiger partial charge in [-0.1, -0.05) is 18.2 Å². The second kappa shape index (κ2) is 10.2. The molecule has 1 atom stereocenters. The molecule has 200 valence electrons. The standard InChI is InChI=1S/C27H25F3N8O/c1-17-4-3-9-38-22(16-32-24(17)38)23-20(14-31)15-33-26(35-23)34-18(2)19-5-7-21(8-6-19)36-10-12-37(13-11-36)25(39)27(28,29)30/h3-9,15-16,18H,10-13H2,1-2H3,(H,33,34,35)/t18-/m0/s1. The summed E-state index contributed by atoms with van der Waals surface area (Å²) in [6.07, 6.45) is 0.201. The third kappa shape index (κ3) is 5.20. The van der Waals surface area contributed by atoms with Crippen molar-refractivity contribution in [3.05, 3.63) is 71.7 Å². The topological polar surface area (TPSA) is 102 Å². The maximum Gasteiger partial charge on any atom is 0.471 e. The number of halogens is 3. The van der Waals surface area contributed by atoms with Crippen LogP contribution >= 0.6 is 0 Å². The summed E-state index contributed by atoms with van der Waals surface area (Å²) in [6, 6.07) is 13.5. The lowest BCUT2D eigenvalue weighted by Crippen LogP contribution is -2.52. The van der Waals surface area contributed by atoms with Crippen molar-refractivity contribution in [2.45, 2.75) is 26.1 Å². The van der Waals surface area contributed by atoms with Crippen molar-refractivity contribution in [1.29, 1.82) is 5.26 Å². The summed E-state index contributed by atoms with van der Waals surface area (Å²) >= 11 is 0. The van der Waals surface area contributed by atoms with Gasteiger partial charge in [0.1, 0.15) is 17.4 Å². The van der Waals surface area contributed by atoms with E-state index in [0.29, 0.717) is 36.0 Å². The maximum absolute atomic E-state index is 12.7.